The van der Waals surface area contributed by atoms with Gasteiger partial charge in [-0.1, -0.05) is 23.7 Å². The van der Waals surface area contributed by atoms with Gasteiger partial charge in [0.1, 0.15) is 0 Å². The van der Waals surface area contributed by atoms with E-state index in [2.05, 4.69) is 23.1 Å². The first kappa shape index (κ1) is 12.5. The van der Waals surface area contributed by atoms with E-state index in [0.29, 0.717) is 5.02 Å². The third kappa shape index (κ3) is 4.77. The zero-order valence-corrected chi connectivity index (χ0v) is 9.81. The Morgan fingerprint density at radius 3 is 2.81 bits per heavy atom. The maximum absolute atomic E-state index is 11.2. The predicted molar refractivity (Wildman–Crippen MR) is 68.5 cm³/mol. The fourth-order valence-electron chi connectivity index (χ4n) is 0.947. The van der Waals surface area contributed by atoms with Crippen LogP contribution in [0.5, 0.6) is 0 Å². The van der Waals surface area contributed by atoms with E-state index >= 15 is 0 Å². The van der Waals surface area contributed by atoms with Crippen LogP contribution >= 0.6 is 23.8 Å². The number of nitrogens with two attached hydrogens (primary N) is 1. The zero-order chi connectivity index (χ0) is 12.0. The molecule has 0 unspecified atom stereocenters. The van der Waals surface area contributed by atoms with Gasteiger partial charge in [0.25, 0.3) is 5.91 Å². The van der Waals surface area contributed by atoms with E-state index in [1.807, 2.05) is 6.07 Å². The molecule has 84 valence electrons. The van der Waals surface area contributed by atoms with E-state index in [1.54, 1.807) is 24.3 Å². The average molecular weight is 256 g/mol. The minimum Gasteiger partial charge on any atom is -0.375 e. The van der Waals surface area contributed by atoms with Crippen LogP contribution in [0.2, 0.25) is 5.02 Å². The molecule has 1 amide bonds. The first-order valence-corrected chi connectivity index (χ1v) is 5.15. The zero-order valence-electron chi connectivity index (χ0n) is 8.24. The number of amides is 1. The van der Waals surface area contributed by atoms with Gasteiger partial charge < -0.3 is 5.73 Å². The summed E-state index contributed by atoms with van der Waals surface area (Å²) in [7, 11) is 0. The number of benzene rings is 1. The standard InChI is InChI=1S/C10H10ClN3OS/c11-8-3-1-2-7(6-8)4-5-9(15)13-14-10(12)16/h1-6H,(H,13,15)(H3,12,14,16)/b5-4+. The molecule has 6 heteroatoms. The van der Waals surface area contributed by atoms with E-state index in [9.17, 15) is 4.79 Å². The van der Waals surface area contributed by atoms with Gasteiger partial charge in [-0.25, -0.2) is 0 Å². The first-order chi connectivity index (χ1) is 7.58. The normalized spacial score (nSPS) is 10.1. The molecular formula is C10H10ClN3OS. The van der Waals surface area contributed by atoms with Crippen LogP contribution in [0.3, 0.4) is 0 Å². The molecule has 0 saturated heterocycles. The number of carbonyl (C=O) groups excluding carboxylic acids is 1. The summed E-state index contributed by atoms with van der Waals surface area (Å²) >= 11 is 10.3. The van der Waals surface area contributed by atoms with Crippen molar-refractivity contribution in [3.8, 4) is 0 Å². The van der Waals surface area contributed by atoms with Crippen LogP contribution < -0.4 is 16.6 Å². The Hall–Kier alpha value is -1.59. The van der Waals surface area contributed by atoms with Gasteiger partial charge in [0, 0.05) is 11.1 Å². The number of carbonyl (C=O) groups is 1. The molecule has 1 aromatic carbocycles. The Kier molecular flexibility index (Phi) is 4.75. The number of hydrazine groups is 1. The lowest BCUT2D eigenvalue weighted by molar-refractivity contribution is -0.116. The summed E-state index contributed by atoms with van der Waals surface area (Å²) in [6, 6.07) is 7.13. The van der Waals surface area contributed by atoms with Crippen molar-refractivity contribution in [3.63, 3.8) is 0 Å². The monoisotopic (exact) mass is 255 g/mol. The second kappa shape index (κ2) is 6.09. The lowest BCUT2D eigenvalue weighted by Crippen LogP contribution is -2.43. The van der Waals surface area contributed by atoms with E-state index in [-0.39, 0.29) is 11.0 Å². The molecule has 0 aliphatic heterocycles. The van der Waals surface area contributed by atoms with Gasteiger partial charge in [-0.15, -0.1) is 0 Å². The van der Waals surface area contributed by atoms with Crippen molar-refractivity contribution >= 4 is 40.9 Å². The number of rotatable bonds is 2. The molecule has 16 heavy (non-hydrogen) atoms. The van der Waals surface area contributed by atoms with Crippen LogP contribution in [0.4, 0.5) is 0 Å². The summed E-state index contributed by atoms with van der Waals surface area (Å²) in [6.45, 7) is 0. The molecule has 0 aliphatic carbocycles. The van der Waals surface area contributed by atoms with Gasteiger partial charge in [0.2, 0.25) is 0 Å². The van der Waals surface area contributed by atoms with Crippen LogP contribution in [-0.2, 0) is 4.79 Å². The van der Waals surface area contributed by atoms with Crippen molar-refractivity contribution in [2.45, 2.75) is 0 Å². The van der Waals surface area contributed by atoms with Crippen LogP contribution in [0.15, 0.2) is 30.3 Å². The lowest BCUT2D eigenvalue weighted by Gasteiger charge is -2.02. The SMILES string of the molecule is NC(=S)NNC(=O)/C=C/c1cccc(Cl)c1. The number of hydrogen-bond donors (Lipinski definition) is 3. The van der Waals surface area contributed by atoms with Crippen molar-refractivity contribution in [1.29, 1.82) is 0 Å². The fraction of sp³-hybridized carbons (Fsp3) is 0. The fourth-order valence-corrected chi connectivity index (χ4v) is 1.20. The maximum Gasteiger partial charge on any atom is 0.262 e. The maximum atomic E-state index is 11.2. The van der Waals surface area contributed by atoms with Gasteiger partial charge in [0.05, 0.1) is 0 Å². The topological polar surface area (TPSA) is 67.2 Å². The van der Waals surface area contributed by atoms with Crippen molar-refractivity contribution in [3.05, 3.63) is 40.9 Å². The second-order valence-corrected chi connectivity index (χ2v) is 3.74. The van der Waals surface area contributed by atoms with E-state index in [0.717, 1.165) is 5.56 Å². The number of thiocarbonyl (C=S) groups is 1. The van der Waals surface area contributed by atoms with E-state index in [4.69, 9.17) is 17.3 Å². The molecule has 0 aromatic heterocycles. The van der Waals surface area contributed by atoms with Crippen molar-refractivity contribution < 1.29 is 4.79 Å². The summed E-state index contributed by atoms with van der Waals surface area (Å²) in [6.07, 6.45) is 2.97. The van der Waals surface area contributed by atoms with Crippen LogP contribution in [0.1, 0.15) is 5.56 Å². The van der Waals surface area contributed by atoms with E-state index in [1.165, 1.54) is 6.08 Å². The van der Waals surface area contributed by atoms with Crippen molar-refractivity contribution in [2.24, 2.45) is 5.73 Å². The van der Waals surface area contributed by atoms with Gasteiger partial charge >= 0.3 is 0 Å². The Morgan fingerprint density at radius 2 is 2.19 bits per heavy atom. The smallest absolute Gasteiger partial charge is 0.262 e. The molecule has 0 atom stereocenters. The predicted octanol–water partition coefficient (Wildman–Crippen LogP) is 1.22. The van der Waals surface area contributed by atoms with Gasteiger partial charge in [-0.2, -0.15) is 0 Å². The minimum atomic E-state index is -0.354. The molecule has 1 rings (SSSR count). The summed E-state index contributed by atoms with van der Waals surface area (Å²) in [5.74, 6) is -0.354. The molecule has 0 fully saturated rings. The summed E-state index contributed by atoms with van der Waals surface area (Å²) < 4.78 is 0. The van der Waals surface area contributed by atoms with Crippen LogP contribution in [0.25, 0.3) is 6.08 Å². The van der Waals surface area contributed by atoms with Gasteiger partial charge in [-0.05, 0) is 36.0 Å². The Morgan fingerprint density at radius 1 is 1.44 bits per heavy atom. The highest BCUT2D eigenvalue weighted by molar-refractivity contribution is 7.80. The molecule has 0 aliphatic rings. The number of hydrogen-bond acceptors (Lipinski definition) is 2. The molecule has 1 aromatic rings. The van der Waals surface area contributed by atoms with Gasteiger partial charge in [-0.3, -0.25) is 15.6 Å². The third-order valence-corrected chi connectivity index (χ3v) is 1.92. The Balaban J connectivity index is 2.53. The molecule has 0 spiro atoms. The average Bonchev–Trinajstić information content (AvgIpc) is 2.23. The molecule has 0 radical (unpaired) electrons. The molecule has 4 nitrogen and oxygen atoms in total. The number of halogens is 1. The Bertz CT molecular complexity index is 434. The van der Waals surface area contributed by atoms with E-state index < -0.39 is 0 Å². The van der Waals surface area contributed by atoms with Crippen LogP contribution in [0, 0.1) is 0 Å². The lowest BCUT2D eigenvalue weighted by atomic mass is 10.2. The summed E-state index contributed by atoms with van der Waals surface area (Å²) in [5, 5.41) is 0.619. The van der Waals surface area contributed by atoms with Crippen molar-refractivity contribution in [1.82, 2.24) is 10.9 Å². The molecule has 0 bridgehead atoms. The highest BCUT2D eigenvalue weighted by atomic mass is 35.5. The summed E-state index contributed by atoms with van der Waals surface area (Å²) in [4.78, 5) is 11.2. The minimum absolute atomic E-state index is 0.00417. The van der Waals surface area contributed by atoms with Crippen molar-refractivity contribution in [2.75, 3.05) is 0 Å². The van der Waals surface area contributed by atoms with Crippen LogP contribution in [-0.4, -0.2) is 11.0 Å². The van der Waals surface area contributed by atoms with Gasteiger partial charge in [0.15, 0.2) is 5.11 Å². The Labute approximate surface area is 103 Å². The number of nitrogens with one attached hydrogen (secondary N) is 2. The third-order valence-electron chi connectivity index (χ3n) is 1.58. The highest BCUT2D eigenvalue weighted by Crippen LogP contribution is 2.11. The molecule has 4 N–H and O–H groups in total. The first-order valence-electron chi connectivity index (χ1n) is 4.37. The largest absolute Gasteiger partial charge is 0.375 e. The molecule has 0 heterocycles. The molecule has 0 saturated carbocycles. The quantitative estimate of drug-likeness (QED) is 0.422. The second-order valence-electron chi connectivity index (χ2n) is 2.87. The molecular weight excluding hydrogens is 246 g/mol. The highest BCUT2D eigenvalue weighted by Gasteiger charge is 1.94. The summed E-state index contributed by atoms with van der Waals surface area (Å²) in [5.41, 5.74) is 10.6.